The number of benzene rings is 2. The quantitative estimate of drug-likeness (QED) is 0.576. The molecule has 154 valence electrons. The van der Waals surface area contributed by atoms with Gasteiger partial charge in [0, 0.05) is 19.7 Å². The third-order valence-corrected chi connectivity index (χ3v) is 4.67. The molecule has 3 N–H and O–H groups in total. The number of carbonyl (C=O) groups excluding carboxylic acids is 1. The number of nitrogens with one attached hydrogen (secondary N) is 1. The van der Waals surface area contributed by atoms with Crippen molar-refractivity contribution in [2.45, 2.75) is 32.5 Å². The van der Waals surface area contributed by atoms with Crippen molar-refractivity contribution < 1.29 is 18.7 Å². The smallest absolute Gasteiger partial charge is 0.237 e. The second-order valence-electron chi connectivity index (χ2n) is 7.22. The molecule has 1 amide bonds. The Morgan fingerprint density at radius 2 is 1.90 bits per heavy atom. The zero-order chi connectivity index (χ0) is 21.0. The van der Waals surface area contributed by atoms with Crippen molar-refractivity contribution >= 4 is 16.9 Å². The standard InChI is InChI=1S/C21H25FN4O3/c1-21(2,20(23)27)24-13-19-25-17-9-8-16(12-18(17)26(19)10-11-28-3)29-15-6-4-14(22)5-7-15/h4-9,12,24H,10-11,13H2,1-3H3,(H2,23,27). The molecule has 3 rings (SSSR count). The summed E-state index contributed by atoms with van der Waals surface area (Å²) in [5.74, 6) is 1.15. The van der Waals surface area contributed by atoms with Crippen molar-refractivity contribution in [1.82, 2.24) is 14.9 Å². The molecule has 0 bridgehead atoms. The van der Waals surface area contributed by atoms with Gasteiger partial charge >= 0.3 is 0 Å². The minimum absolute atomic E-state index is 0.318. The first kappa shape index (κ1) is 20.8. The largest absolute Gasteiger partial charge is 0.457 e. The van der Waals surface area contributed by atoms with Crippen molar-refractivity contribution in [3.8, 4) is 11.5 Å². The van der Waals surface area contributed by atoms with Crippen LogP contribution in [0.4, 0.5) is 4.39 Å². The second-order valence-corrected chi connectivity index (χ2v) is 7.22. The van der Waals surface area contributed by atoms with Crippen LogP contribution in [0.5, 0.6) is 11.5 Å². The van der Waals surface area contributed by atoms with Crippen molar-refractivity contribution in [3.05, 3.63) is 54.1 Å². The Morgan fingerprint density at radius 3 is 2.55 bits per heavy atom. The molecular formula is C21H25FN4O3. The van der Waals surface area contributed by atoms with Crippen LogP contribution < -0.4 is 15.8 Å². The van der Waals surface area contributed by atoms with Gasteiger partial charge in [-0.1, -0.05) is 0 Å². The van der Waals surface area contributed by atoms with Gasteiger partial charge in [-0.05, 0) is 50.2 Å². The van der Waals surface area contributed by atoms with Gasteiger partial charge < -0.3 is 19.8 Å². The van der Waals surface area contributed by atoms with E-state index in [9.17, 15) is 9.18 Å². The predicted octanol–water partition coefficient (Wildman–Crippen LogP) is 2.97. The SMILES string of the molecule is COCCn1c(CNC(C)(C)C(N)=O)nc2ccc(Oc3ccc(F)cc3)cc21. The van der Waals surface area contributed by atoms with Crippen LogP contribution in [-0.4, -0.2) is 34.7 Å². The lowest BCUT2D eigenvalue weighted by Gasteiger charge is -2.22. The fraction of sp³-hybridized carbons (Fsp3) is 0.333. The molecule has 0 aliphatic carbocycles. The Morgan fingerprint density at radius 1 is 1.21 bits per heavy atom. The highest BCUT2D eigenvalue weighted by Crippen LogP contribution is 2.27. The average molecular weight is 400 g/mol. The third kappa shape index (κ3) is 4.90. The molecule has 0 fully saturated rings. The summed E-state index contributed by atoms with van der Waals surface area (Å²) >= 11 is 0. The molecule has 7 nitrogen and oxygen atoms in total. The molecule has 0 aliphatic heterocycles. The van der Waals surface area contributed by atoms with Crippen molar-refractivity contribution in [2.75, 3.05) is 13.7 Å². The van der Waals surface area contributed by atoms with E-state index < -0.39 is 11.4 Å². The topological polar surface area (TPSA) is 91.4 Å². The molecule has 2 aromatic carbocycles. The third-order valence-electron chi connectivity index (χ3n) is 4.67. The first-order valence-corrected chi connectivity index (χ1v) is 9.26. The Bertz CT molecular complexity index is 999. The summed E-state index contributed by atoms with van der Waals surface area (Å²) < 4.78 is 26.2. The minimum Gasteiger partial charge on any atom is -0.457 e. The Kier molecular flexibility index (Phi) is 6.14. The van der Waals surface area contributed by atoms with E-state index in [2.05, 4.69) is 10.3 Å². The van der Waals surface area contributed by atoms with E-state index in [4.69, 9.17) is 15.2 Å². The molecule has 8 heteroatoms. The maximum absolute atomic E-state index is 13.1. The highest BCUT2D eigenvalue weighted by molar-refractivity contribution is 5.83. The Labute approximate surface area is 168 Å². The molecule has 1 heterocycles. The molecule has 0 aliphatic rings. The Hall–Kier alpha value is -2.97. The van der Waals surface area contributed by atoms with Gasteiger partial charge in [0.05, 0.1) is 29.7 Å². The number of nitrogens with two attached hydrogens (primary N) is 1. The summed E-state index contributed by atoms with van der Waals surface area (Å²) in [6, 6.07) is 11.4. The molecular weight excluding hydrogens is 375 g/mol. The predicted molar refractivity (Wildman–Crippen MR) is 108 cm³/mol. The van der Waals surface area contributed by atoms with Gasteiger partial charge in [0.1, 0.15) is 23.1 Å². The van der Waals surface area contributed by atoms with E-state index in [1.807, 2.05) is 22.8 Å². The number of fused-ring (bicyclic) bond motifs is 1. The summed E-state index contributed by atoms with van der Waals surface area (Å²) in [4.78, 5) is 16.3. The van der Waals surface area contributed by atoms with E-state index in [-0.39, 0.29) is 5.82 Å². The summed E-state index contributed by atoms with van der Waals surface area (Å²) in [5.41, 5.74) is 6.25. The van der Waals surface area contributed by atoms with Crippen LogP contribution >= 0.6 is 0 Å². The van der Waals surface area contributed by atoms with Gasteiger partial charge in [0.25, 0.3) is 0 Å². The van der Waals surface area contributed by atoms with Crippen LogP contribution in [0.15, 0.2) is 42.5 Å². The lowest BCUT2D eigenvalue weighted by Crippen LogP contribution is -2.50. The number of ether oxygens (including phenoxy) is 2. The molecule has 3 aromatic rings. The van der Waals surface area contributed by atoms with Crippen molar-refractivity contribution in [2.24, 2.45) is 5.73 Å². The second kappa shape index (κ2) is 8.59. The average Bonchev–Trinajstić information content (AvgIpc) is 3.03. The number of methoxy groups -OCH3 is 1. The molecule has 0 saturated heterocycles. The number of rotatable bonds is 9. The number of nitrogens with zero attached hydrogens (tertiary/aromatic N) is 2. The van der Waals surface area contributed by atoms with E-state index >= 15 is 0 Å². The van der Waals surface area contributed by atoms with Crippen LogP contribution in [-0.2, 0) is 22.6 Å². The van der Waals surface area contributed by atoms with E-state index in [1.54, 1.807) is 33.1 Å². The number of aromatic nitrogens is 2. The molecule has 0 unspecified atom stereocenters. The molecule has 1 aromatic heterocycles. The van der Waals surface area contributed by atoms with Crippen molar-refractivity contribution in [3.63, 3.8) is 0 Å². The first-order valence-electron chi connectivity index (χ1n) is 9.26. The van der Waals surface area contributed by atoms with Gasteiger partial charge in [-0.25, -0.2) is 9.37 Å². The monoisotopic (exact) mass is 400 g/mol. The van der Waals surface area contributed by atoms with Crippen LogP contribution in [0.3, 0.4) is 0 Å². The minimum atomic E-state index is -0.860. The normalized spacial score (nSPS) is 11.7. The highest BCUT2D eigenvalue weighted by Gasteiger charge is 2.25. The fourth-order valence-electron chi connectivity index (χ4n) is 2.81. The molecule has 0 atom stereocenters. The van der Waals surface area contributed by atoms with Gasteiger partial charge in [0.2, 0.25) is 5.91 Å². The van der Waals surface area contributed by atoms with Gasteiger partial charge in [0.15, 0.2) is 0 Å². The van der Waals surface area contributed by atoms with Crippen molar-refractivity contribution in [1.29, 1.82) is 0 Å². The van der Waals surface area contributed by atoms with Crippen LogP contribution in [0.2, 0.25) is 0 Å². The summed E-state index contributed by atoms with van der Waals surface area (Å²) in [6.45, 7) is 4.91. The van der Waals surface area contributed by atoms with E-state index in [1.165, 1.54) is 12.1 Å². The van der Waals surface area contributed by atoms with Crippen LogP contribution in [0.1, 0.15) is 19.7 Å². The number of primary amides is 1. The lowest BCUT2D eigenvalue weighted by molar-refractivity contribution is -0.123. The Balaban J connectivity index is 1.91. The number of hydrogen-bond acceptors (Lipinski definition) is 5. The molecule has 29 heavy (non-hydrogen) atoms. The van der Waals surface area contributed by atoms with Gasteiger partial charge in [-0.15, -0.1) is 0 Å². The molecule has 0 saturated carbocycles. The zero-order valence-corrected chi connectivity index (χ0v) is 16.7. The van der Waals surface area contributed by atoms with Crippen LogP contribution in [0, 0.1) is 5.82 Å². The number of imidazole rings is 1. The number of carbonyl (C=O) groups is 1. The summed E-state index contributed by atoms with van der Waals surface area (Å²) in [5, 5.41) is 3.15. The molecule has 0 radical (unpaired) electrons. The molecule has 0 spiro atoms. The first-order chi connectivity index (χ1) is 13.8. The summed E-state index contributed by atoms with van der Waals surface area (Å²) in [6.07, 6.45) is 0. The van der Waals surface area contributed by atoms with E-state index in [0.717, 1.165) is 16.9 Å². The van der Waals surface area contributed by atoms with Crippen LogP contribution in [0.25, 0.3) is 11.0 Å². The maximum Gasteiger partial charge on any atom is 0.237 e. The highest BCUT2D eigenvalue weighted by atomic mass is 19.1. The van der Waals surface area contributed by atoms with Gasteiger partial charge in [-0.3, -0.25) is 10.1 Å². The lowest BCUT2D eigenvalue weighted by atomic mass is 10.1. The van der Waals surface area contributed by atoms with Gasteiger partial charge in [-0.2, -0.15) is 0 Å². The fourth-order valence-corrected chi connectivity index (χ4v) is 2.81. The number of amides is 1. The van der Waals surface area contributed by atoms with E-state index in [0.29, 0.717) is 31.2 Å². The number of halogens is 1. The summed E-state index contributed by atoms with van der Waals surface area (Å²) in [7, 11) is 1.64. The maximum atomic E-state index is 13.1. The zero-order valence-electron chi connectivity index (χ0n) is 16.7. The number of hydrogen-bond donors (Lipinski definition) is 2.